The summed E-state index contributed by atoms with van der Waals surface area (Å²) in [5.74, 6) is 5.74. The van der Waals surface area contributed by atoms with Gasteiger partial charge in [-0.15, -0.1) is 0 Å². The first-order chi connectivity index (χ1) is 18.7. The number of carbonyl (C=O) groups excluding carboxylic acids is 1. The molecule has 0 bridgehead atoms. The van der Waals surface area contributed by atoms with Crippen LogP contribution in [0.2, 0.25) is 0 Å². The molecule has 4 rings (SSSR count). The molecule has 4 heteroatoms. The van der Waals surface area contributed by atoms with Crippen LogP contribution in [0.5, 0.6) is 0 Å². The molecule has 4 N–H and O–H groups in total. The Kier molecular flexibility index (Phi) is 10.7. The van der Waals surface area contributed by atoms with E-state index in [0.717, 1.165) is 80.7 Å². The third kappa shape index (κ3) is 6.47. The maximum absolute atomic E-state index is 13.7. The molecule has 0 heterocycles. The maximum Gasteiger partial charge on any atom is 0.226 e. The molecule has 8 unspecified atom stereocenters. The smallest absolute Gasteiger partial charge is 0.226 e. The lowest BCUT2D eigenvalue weighted by Gasteiger charge is -2.58. The van der Waals surface area contributed by atoms with E-state index >= 15 is 0 Å². The molecule has 4 aliphatic carbocycles. The van der Waals surface area contributed by atoms with Gasteiger partial charge in [-0.05, 0) is 130 Å². The number of hydrogen-bond acceptors (Lipinski definition) is 3. The van der Waals surface area contributed by atoms with Crippen LogP contribution in [-0.4, -0.2) is 37.0 Å². The summed E-state index contributed by atoms with van der Waals surface area (Å²) in [6.45, 7) is 15.6. The first-order valence-electron chi connectivity index (χ1n) is 17.0. The van der Waals surface area contributed by atoms with Gasteiger partial charge in [0.25, 0.3) is 0 Å². The molecule has 224 valence electrons. The molecule has 0 radical (unpaired) electrons. The number of unbranched alkanes of at least 4 members (excludes halogenated alkanes) is 1. The highest BCUT2D eigenvalue weighted by Gasteiger charge is 2.59. The van der Waals surface area contributed by atoms with E-state index in [1.165, 1.54) is 57.8 Å². The minimum absolute atomic E-state index is 0.160. The number of rotatable bonds is 13. The lowest BCUT2D eigenvalue weighted by Crippen LogP contribution is -2.51. The number of allylic oxidation sites excluding steroid dienone is 2. The Morgan fingerprint density at radius 3 is 2.38 bits per heavy atom. The summed E-state index contributed by atoms with van der Waals surface area (Å²) >= 11 is 0. The standard InChI is InChI=1S/C35H63N3O/c1-25(2)10-8-11-26(3)30-14-15-31-29-13-12-28-24-27(33(39)38(23-9-21-37)22-7-6-20-36)16-18-34(28,4)32(29)17-19-35(30,31)5/h12,25-27,29-32H,6-11,13-24,36-37H2,1-5H3. The van der Waals surface area contributed by atoms with Crippen molar-refractivity contribution < 1.29 is 4.79 Å². The van der Waals surface area contributed by atoms with E-state index < -0.39 is 0 Å². The minimum atomic E-state index is 0.160. The summed E-state index contributed by atoms with van der Waals surface area (Å²) < 4.78 is 0. The summed E-state index contributed by atoms with van der Waals surface area (Å²) in [5.41, 5.74) is 14.0. The van der Waals surface area contributed by atoms with Crippen LogP contribution in [0.1, 0.15) is 125 Å². The monoisotopic (exact) mass is 541 g/mol. The predicted molar refractivity (Wildman–Crippen MR) is 165 cm³/mol. The van der Waals surface area contributed by atoms with Crippen molar-refractivity contribution in [2.45, 2.75) is 125 Å². The van der Waals surface area contributed by atoms with E-state index in [1.54, 1.807) is 5.57 Å². The lowest BCUT2D eigenvalue weighted by atomic mass is 9.46. The molecule has 0 aromatic rings. The van der Waals surface area contributed by atoms with Crippen molar-refractivity contribution in [1.29, 1.82) is 0 Å². The SMILES string of the molecule is CC(C)CCCC(C)C1CCC2C3CC=C4CC(C(=O)N(CCCN)CCCCN)CCC4(C)C3CCC12C. The first-order valence-corrected chi connectivity index (χ1v) is 17.0. The van der Waals surface area contributed by atoms with E-state index in [1.807, 2.05) is 0 Å². The molecular formula is C35H63N3O. The highest BCUT2D eigenvalue weighted by Crippen LogP contribution is 2.67. The van der Waals surface area contributed by atoms with Gasteiger partial charge in [-0.3, -0.25) is 4.79 Å². The molecule has 8 atom stereocenters. The van der Waals surface area contributed by atoms with Crippen molar-refractivity contribution in [3.05, 3.63) is 11.6 Å². The number of hydrogen-bond donors (Lipinski definition) is 2. The normalized spacial score (nSPS) is 36.6. The zero-order valence-corrected chi connectivity index (χ0v) is 26.4. The summed E-state index contributed by atoms with van der Waals surface area (Å²) in [6, 6.07) is 0. The Bertz CT molecular complexity index is 838. The number of nitrogens with zero attached hydrogens (tertiary/aromatic N) is 1. The zero-order valence-electron chi connectivity index (χ0n) is 26.4. The molecule has 3 saturated carbocycles. The van der Waals surface area contributed by atoms with E-state index in [2.05, 4.69) is 45.6 Å². The molecule has 0 aromatic heterocycles. The van der Waals surface area contributed by atoms with Gasteiger partial charge in [0.2, 0.25) is 5.91 Å². The molecule has 0 spiro atoms. The van der Waals surface area contributed by atoms with Crippen LogP contribution in [0.3, 0.4) is 0 Å². The van der Waals surface area contributed by atoms with Crippen molar-refractivity contribution in [3.8, 4) is 0 Å². The van der Waals surface area contributed by atoms with Crippen molar-refractivity contribution >= 4 is 5.91 Å². The highest BCUT2D eigenvalue weighted by atomic mass is 16.2. The number of fused-ring (bicyclic) bond motifs is 5. The zero-order chi connectivity index (χ0) is 28.2. The Labute approximate surface area is 241 Å². The van der Waals surface area contributed by atoms with Crippen molar-refractivity contribution in [2.75, 3.05) is 26.2 Å². The molecular weight excluding hydrogens is 478 g/mol. The quantitative estimate of drug-likeness (QED) is 0.187. The molecule has 4 nitrogen and oxygen atoms in total. The third-order valence-electron chi connectivity index (χ3n) is 12.5. The van der Waals surface area contributed by atoms with Crippen LogP contribution < -0.4 is 11.5 Å². The van der Waals surface area contributed by atoms with Crippen LogP contribution in [0, 0.1) is 52.3 Å². The van der Waals surface area contributed by atoms with Crippen LogP contribution >= 0.6 is 0 Å². The Balaban J connectivity index is 1.42. The van der Waals surface area contributed by atoms with E-state index in [-0.39, 0.29) is 5.92 Å². The van der Waals surface area contributed by atoms with Gasteiger partial charge in [0.1, 0.15) is 0 Å². The molecule has 1 amide bonds. The molecule has 0 aromatic carbocycles. The molecule has 0 saturated heterocycles. The largest absolute Gasteiger partial charge is 0.342 e. The van der Waals surface area contributed by atoms with E-state index in [4.69, 9.17) is 11.5 Å². The summed E-state index contributed by atoms with van der Waals surface area (Å²) in [4.78, 5) is 15.8. The summed E-state index contributed by atoms with van der Waals surface area (Å²) in [5, 5.41) is 0. The second-order valence-electron chi connectivity index (χ2n) is 15.2. The number of amides is 1. The van der Waals surface area contributed by atoms with E-state index in [9.17, 15) is 4.79 Å². The average molecular weight is 542 g/mol. The lowest BCUT2D eigenvalue weighted by molar-refractivity contribution is -0.137. The van der Waals surface area contributed by atoms with Gasteiger partial charge in [-0.2, -0.15) is 0 Å². The number of nitrogens with two attached hydrogens (primary N) is 2. The minimum Gasteiger partial charge on any atom is -0.342 e. The Hall–Kier alpha value is -0.870. The van der Waals surface area contributed by atoms with Gasteiger partial charge in [-0.25, -0.2) is 0 Å². The number of carbonyl (C=O) groups is 1. The first kappa shape index (κ1) is 31.1. The summed E-state index contributed by atoms with van der Waals surface area (Å²) in [7, 11) is 0. The molecule has 3 fully saturated rings. The van der Waals surface area contributed by atoms with Crippen molar-refractivity contribution in [3.63, 3.8) is 0 Å². The van der Waals surface area contributed by atoms with Gasteiger partial charge in [0, 0.05) is 19.0 Å². The van der Waals surface area contributed by atoms with Crippen LogP contribution in [-0.2, 0) is 4.79 Å². The van der Waals surface area contributed by atoms with Gasteiger partial charge < -0.3 is 16.4 Å². The van der Waals surface area contributed by atoms with Gasteiger partial charge in [0.05, 0.1) is 0 Å². The van der Waals surface area contributed by atoms with Crippen molar-refractivity contribution in [1.82, 2.24) is 4.90 Å². The fourth-order valence-electron chi connectivity index (χ4n) is 10.2. The van der Waals surface area contributed by atoms with Gasteiger partial charge in [-0.1, -0.05) is 65.5 Å². The average Bonchev–Trinajstić information content (AvgIpc) is 3.27. The highest BCUT2D eigenvalue weighted by molar-refractivity contribution is 5.79. The van der Waals surface area contributed by atoms with Gasteiger partial charge in [0.15, 0.2) is 0 Å². The fourth-order valence-corrected chi connectivity index (χ4v) is 10.2. The van der Waals surface area contributed by atoms with Crippen LogP contribution in [0.4, 0.5) is 0 Å². The molecule has 0 aliphatic heterocycles. The van der Waals surface area contributed by atoms with Crippen LogP contribution in [0.15, 0.2) is 11.6 Å². The summed E-state index contributed by atoms with van der Waals surface area (Å²) in [6.07, 6.45) is 20.0. The van der Waals surface area contributed by atoms with E-state index in [0.29, 0.717) is 29.8 Å². The Morgan fingerprint density at radius 2 is 1.67 bits per heavy atom. The fraction of sp³-hybridized carbons (Fsp3) is 0.914. The Morgan fingerprint density at radius 1 is 0.923 bits per heavy atom. The second kappa shape index (κ2) is 13.4. The van der Waals surface area contributed by atoms with Gasteiger partial charge >= 0.3 is 0 Å². The van der Waals surface area contributed by atoms with Crippen molar-refractivity contribution in [2.24, 2.45) is 63.7 Å². The van der Waals surface area contributed by atoms with Crippen LogP contribution in [0.25, 0.3) is 0 Å². The second-order valence-corrected chi connectivity index (χ2v) is 15.2. The third-order valence-corrected chi connectivity index (χ3v) is 12.5. The maximum atomic E-state index is 13.7. The predicted octanol–water partition coefficient (Wildman–Crippen LogP) is 7.56. The topological polar surface area (TPSA) is 72.3 Å². The molecule has 4 aliphatic rings. The molecule has 39 heavy (non-hydrogen) atoms.